The van der Waals surface area contributed by atoms with Crippen LogP contribution in [-0.2, 0) is 9.47 Å². The molecule has 4 nitrogen and oxygen atoms in total. The molecule has 2 heterocycles. The van der Waals surface area contributed by atoms with Gasteiger partial charge in [0.1, 0.15) is 0 Å². The molecule has 1 aliphatic carbocycles. The molecule has 1 saturated heterocycles. The van der Waals surface area contributed by atoms with E-state index < -0.39 is 0 Å². The molecule has 1 aromatic heterocycles. The van der Waals surface area contributed by atoms with Crippen molar-refractivity contribution in [1.82, 2.24) is 4.98 Å². The summed E-state index contributed by atoms with van der Waals surface area (Å²) in [5.74, 6) is -0.250. The predicted molar refractivity (Wildman–Crippen MR) is 67.4 cm³/mol. The highest BCUT2D eigenvalue weighted by Crippen LogP contribution is 2.38. The van der Waals surface area contributed by atoms with Crippen molar-refractivity contribution in [2.75, 3.05) is 25.2 Å². The zero-order valence-corrected chi connectivity index (χ0v) is 10.9. The molecule has 0 atom stereocenters. The van der Waals surface area contributed by atoms with Crippen LogP contribution in [-0.4, -0.2) is 37.1 Å². The predicted octanol–water partition coefficient (Wildman–Crippen LogP) is 2.27. The molecule has 0 aromatic carbocycles. The summed E-state index contributed by atoms with van der Waals surface area (Å²) in [6.07, 6.45) is 6.12. The highest BCUT2D eigenvalue weighted by atomic mass is 32.1. The van der Waals surface area contributed by atoms with E-state index in [1.807, 2.05) is 11.6 Å². The first-order chi connectivity index (χ1) is 8.29. The van der Waals surface area contributed by atoms with Crippen LogP contribution >= 0.6 is 11.3 Å². The highest BCUT2D eigenvalue weighted by molar-refractivity contribution is 7.13. The van der Waals surface area contributed by atoms with E-state index >= 15 is 0 Å². The van der Waals surface area contributed by atoms with Crippen molar-refractivity contribution >= 4 is 16.5 Å². The number of aromatic nitrogens is 1. The van der Waals surface area contributed by atoms with Gasteiger partial charge >= 0.3 is 0 Å². The van der Waals surface area contributed by atoms with Gasteiger partial charge in [0.15, 0.2) is 10.9 Å². The number of thiazole rings is 1. The van der Waals surface area contributed by atoms with Crippen LogP contribution < -0.4 is 4.90 Å². The Balaban J connectivity index is 1.61. The number of hydrogen-bond acceptors (Lipinski definition) is 5. The van der Waals surface area contributed by atoms with Crippen molar-refractivity contribution in [3.63, 3.8) is 0 Å². The molecule has 94 valence electrons. The van der Waals surface area contributed by atoms with Crippen LogP contribution in [0, 0.1) is 0 Å². The smallest absolute Gasteiger partial charge is 0.185 e. The van der Waals surface area contributed by atoms with Crippen LogP contribution in [0.25, 0.3) is 0 Å². The summed E-state index contributed by atoms with van der Waals surface area (Å²) in [6.45, 7) is 1.51. The number of nitrogens with zero attached hydrogens (tertiary/aromatic N) is 2. The van der Waals surface area contributed by atoms with E-state index in [9.17, 15) is 0 Å². The van der Waals surface area contributed by atoms with E-state index in [0.717, 1.165) is 44.0 Å². The lowest BCUT2D eigenvalue weighted by Crippen LogP contribution is -2.42. The van der Waals surface area contributed by atoms with Gasteiger partial charge < -0.3 is 14.4 Å². The molecule has 1 aromatic rings. The highest BCUT2D eigenvalue weighted by Gasteiger charge is 2.41. The summed E-state index contributed by atoms with van der Waals surface area (Å²) in [6, 6.07) is 0.569. The van der Waals surface area contributed by atoms with Crippen LogP contribution in [0.5, 0.6) is 0 Å². The maximum absolute atomic E-state index is 5.75. The van der Waals surface area contributed by atoms with Gasteiger partial charge in [0.2, 0.25) is 0 Å². The third-order valence-electron chi connectivity index (χ3n) is 3.80. The second kappa shape index (κ2) is 4.55. The number of ether oxygens (including phenoxy) is 2. The van der Waals surface area contributed by atoms with Crippen molar-refractivity contribution in [1.29, 1.82) is 0 Å². The minimum absolute atomic E-state index is 0.250. The standard InChI is InChI=1S/C12H18N2O2S/c1-14(11-13-6-9-17-11)10-2-4-12(5-3-10)15-7-8-16-12/h6,9-10H,2-5,7-8H2,1H3. The van der Waals surface area contributed by atoms with Crippen LogP contribution in [0.1, 0.15) is 25.7 Å². The summed E-state index contributed by atoms with van der Waals surface area (Å²) in [4.78, 5) is 6.66. The normalized spacial score (nSPS) is 24.3. The lowest BCUT2D eigenvalue weighted by atomic mass is 9.89. The van der Waals surface area contributed by atoms with Gasteiger partial charge in [-0.15, -0.1) is 11.3 Å². The Labute approximate surface area is 106 Å². The summed E-state index contributed by atoms with van der Waals surface area (Å²) in [5.41, 5.74) is 0. The van der Waals surface area contributed by atoms with Crippen LogP contribution in [0.15, 0.2) is 11.6 Å². The molecule has 0 unspecified atom stereocenters. The molecule has 0 amide bonds. The second-order valence-corrected chi connectivity index (χ2v) is 5.64. The zero-order chi connectivity index (χ0) is 11.7. The van der Waals surface area contributed by atoms with E-state index in [-0.39, 0.29) is 5.79 Å². The Morgan fingerprint density at radius 2 is 2.06 bits per heavy atom. The van der Waals surface area contributed by atoms with E-state index in [1.54, 1.807) is 11.3 Å². The van der Waals surface area contributed by atoms with Crippen molar-refractivity contribution in [3.8, 4) is 0 Å². The first kappa shape index (κ1) is 11.4. The van der Waals surface area contributed by atoms with E-state index in [1.165, 1.54) is 0 Å². The zero-order valence-electron chi connectivity index (χ0n) is 10.1. The first-order valence-corrected chi connectivity index (χ1v) is 7.07. The fourth-order valence-electron chi connectivity index (χ4n) is 2.76. The quantitative estimate of drug-likeness (QED) is 0.811. The first-order valence-electron chi connectivity index (χ1n) is 6.19. The van der Waals surface area contributed by atoms with Crippen molar-refractivity contribution in [3.05, 3.63) is 11.6 Å². The molecule has 1 saturated carbocycles. The Bertz CT molecular complexity index is 353. The lowest BCUT2D eigenvalue weighted by Gasteiger charge is -2.38. The molecule has 17 heavy (non-hydrogen) atoms. The van der Waals surface area contributed by atoms with Gasteiger partial charge in [0.05, 0.1) is 13.2 Å². The second-order valence-electron chi connectivity index (χ2n) is 4.76. The Morgan fingerprint density at radius 3 is 2.65 bits per heavy atom. The molecule has 3 rings (SSSR count). The van der Waals surface area contributed by atoms with Crippen LogP contribution in [0.3, 0.4) is 0 Å². The van der Waals surface area contributed by atoms with Crippen molar-refractivity contribution in [2.45, 2.75) is 37.5 Å². The SMILES string of the molecule is CN(c1nccs1)C1CCC2(CC1)OCCO2. The fourth-order valence-corrected chi connectivity index (χ4v) is 3.44. The Morgan fingerprint density at radius 1 is 1.35 bits per heavy atom. The summed E-state index contributed by atoms with van der Waals surface area (Å²) < 4.78 is 11.5. The molecular weight excluding hydrogens is 236 g/mol. The van der Waals surface area contributed by atoms with Crippen LogP contribution in [0.2, 0.25) is 0 Å². The molecule has 2 fully saturated rings. The van der Waals surface area contributed by atoms with Crippen molar-refractivity contribution < 1.29 is 9.47 Å². The average molecular weight is 254 g/mol. The number of hydrogen-bond donors (Lipinski definition) is 0. The number of rotatable bonds is 2. The third kappa shape index (κ3) is 2.19. The average Bonchev–Trinajstić information content (AvgIpc) is 3.01. The van der Waals surface area contributed by atoms with Gasteiger partial charge in [-0.25, -0.2) is 4.98 Å². The summed E-state index contributed by atoms with van der Waals surface area (Å²) in [7, 11) is 2.14. The largest absolute Gasteiger partial charge is 0.348 e. The molecule has 0 bridgehead atoms. The minimum Gasteiger partial charge on any atom is -0.348 e. The van der Waals surface area contributed by atoms with Gasteiger partial charge in [0, 0.05) is 37.5 Å². The summed E-state index contributed by atoms with van der Waals surface area (Å²) >= 11 is 1.70. The Hall–Kier alpha value is -0.650. The molecule has 2 aliphatic rings. The fraction of sp³-hybridized carbons (Fsp3) is 0.750. The summed E-state index contributed by atoms with van der Waals surface area (Å²) in [5, 5.41) is 3.14. The molecule has 0 N–H and O–H groups in total. The lowest BCUT2D eigenvalue weighted by molar-refractivity contribution is -0.178. The van der Waals surface area contributed by atoms with Gasteiger partial charge in [-0.05, 0) is 12.8 Å². The topological polar surface area (TPSA) is 34.6 Å². The third-order valence-corrected chi connectivity index (χ3v) is 4.66. The molecule has 1 spiro atoms. The molecular formula is C12H18N2O2S. The molecule has 5 heteroatoms. The van der Waals surface area contributed by atoms with Gasteiger partial charge in [-0.1, -0.05) is 0 Å². The molecule has 0 radical (unpaired) electrons. The minimum atomic E-state index is -0.250. The number of anilines is 1. The maximum Gasteiger partial charge on any atom is 0.185 e. The van der Waals surface area contributed by atoms with Crippen molar-refractivity contribution in [2.24, 2.45) is 0 Å². The maximum atomic E-state index is 5.75. The van der Waals surface area contributed by atoms with Crippen LogP contribution in [0.4, 0.5) is 5.13 Å². The monoisotopic (exact) mass is 254 g/mol. The van der Waals surface area contributed by atoms with E-state index in [2.05, 4.69) is 16.9 Å². The van der Waals surface area contributed by atoms with E-state index in [4.69, 9.17) is 9.47 Å². The van der Waals surface area contributed by atoms with Gasteiger partial charge in [-0.2, -0.15) is 0 Å². The van der Waals surface area contributed by atoms with Gasteiger partial charge in [0.25, 0.3) is 0 Å². The van der Waals surface area contributed by atoms with Gasteiger partial charge in [-0.3, -0.25) is 0 Å². The van der Waals surface area contributed by atoms with E-state index in [0.29, 0.717) is 6.04 Å². The Kier molecular flexibility index (Phi) is 3.06. The molecule has 1 aliphatic heterocycles.